The fourth-order valence-electron chi connectivity index (χ4n) is 3.33. The van der Waals surface area contributed by atoms with E-state index in [4.69, 9.17) is 5.26 Å². The number of amides is 1. The molecule has 0 saturated carbocycles. The maximum absolute atomic E-state index is 12.8. The normalized spacial score (nSPS) is 15.4. The summed E-state index contributed by atoms with van der Waals surface area (Å²) >= 11 is 0. The quantitative estimate of drug-likeness (QED) is 0.701. The van der Waals surface area contributed by atoms with Crippen LogP contribution in [0.4, 0.5) is 8.78 Å². The predicted octanol–water partition coefficient (Wildman–Crippen LogP) is 2.88. The number of nitrogens with zero attached hydrogens (tertiary/aromatic N) is 2. The molecule has 0 bridgehead atoms. The number of ether oxygens (including phenoxy) is 1. The molecule has 0 atom stereocenters. The Balaban J connectivity index is 1.50. The predicted molar refractivity (Wildman–Crippen MR) is 108 cm³/mol. The molecule has 1 saturated heterocycles. The number of nitriles is 1. The second-order valence-electron chi connectivity index (χ2n) is 7.05. The lowest BCUT2D eigenvalue weighted by atomic mass is 9.97. The Labute approximate surface area is 179 Å². The fraction of sp³-hybridized carbons (Fsp3) is 0.333. The summed E-state index contributed by atoms with van der Waals surface area (Å²) in [5.74, 6) is -0.446. The molecule has 0 spiro atoms. The summed E-state index contributed by atoms with van der Waals surface area (Å²) in [6.45, 7) is -2.21. The smallest absolute Gasteiger partial charge is 0.387 e. The number of carbonyl (C=O) groups excluding carboxylic acids is 1. The average molecular weight is 449 g/mol. The van der Waals surface area contributed by atoms with Crippen molar-refractivity contribution in [3.05, 3.63) is 59.7 Å². The van der Waals surface area contributed by atoms with Gasteiger partial charge in [-0.05, 0) is 54.8 Å². The first kappa shape index (κ1) is 22.7. The lowest BCUT2D eigenvalue weighted by Crippen LogP contribution is -2.42. The molecule has 3 rings (SSSR count). The summed E-state index contributed by atoms with van der Waals surface area (Å²) in [5, 5.41) is 11.6. The molecule has 0 radical (unpaired) electrons. The highest BCUT2D eigenvalue weighted by molar-refractivity contribution is 7.89. The van der Waals surface area contributed by atoms with Crippen molar-refractivity contribution in [3.8, 4) is 11.8 Å². The van der Waals surface area contributed by atoms with Crippen LogP contribution in [0.25, 0.3) is 0 Å². The minimum atomic E-state index is -3.68. The first-order chi connectivity index (χ1) is 14.8. The highest BCUT2D eigenvalue weighted by Gasteiger charge is 2.32. The zero-order valence-electron chi connectivity index (χ0n) is 16.5. The van der Waals surface area contributed by atoms with Gasteiger partial charge >= 0.3 is 6.61 Å². The molecule has 0 aliphatic carbocycles. The van der Waals surface area contributed by atoms with Crippen LogP contribution in [0.15, 0.2) is 53.4 Å². The molecule has 31 heavy (non-hydrogen) atoms. The SMILES string of the molecule is N#Cc1ccc(S(=O)(=O)N2CCC(C(=O)NCc3ccc(OC(F)F)cc3)CC2)cc1. The molecule has 1 amide bonds. The van der Waals surface area contributed by atoms with Gasteiger partial charge in [0.1, 0.15) is 5.75 Å². The third-order valence-corrected chi connectivity index (χ3v) is 6.97. The number of rotatable bonds is 7. The van der Waals surface area contributed by atoms with E-state index in [-0.39, 0.29) is 42.1 Å². The number of halogens is 2. The summed E-state index contributed by atoms with van der Waals surface area (Å²) < 4.78 is 55.5. The summed E-state index contributed by atoms with van der Waals surface area (Å²) in [4.78, 5) is 12.6. The second kappa shape index (κ2) is 9.85. The molecule has 1 N–H and O–H groups in total. The Morgan fingerprint density at radius 2 is 1.74 bits per heavy atom. The topological polar surface area (TPSA) is 99.5 Å². The van der Waals surface area contributed by atoms with E-state index in [1.165, 1.54) is 40.7 Å². The van der Waals surface area contributed by atoms with Crippen LogP contribution in [0.2, 0.25) is 0 Å². The summed E-state index contributed by atoms with van der Waals surface area (Å²) in [5.41, 5.74) is 1.11. The van der Waals surface area contributed by atoms with Crippen molar-refractivity contribution in [1.82, 2.24) is 9.62 Å². The minimum Gasteiger partial charge on any atom is -0.435 e. The van der Waals surface area contributed by atoms with E-state index >= 15 is 0 Å². The Morgan fingerprint density at radius 1 is 1.13 bits per heavy atom. The van der Waals surface area contributed by atoms with Gasteiger partial charge in [-0.1, -0.05) is 12.1 Å². The molecule has 2 aromatic rings. The minimum absolute atomic E-state index is 0.0425. The molecule has 0 unspecified atom stereocenters. The Bertz CT molecular complexity index is 1040. The lowest BCUT2D eigenvalue weighted by molar-refractivity contribution is -0.126. The summed E-state index contributed by atoms with van der Waals surface area (Å²) in [6, 6.07) is 13.7. The lowest BCUT2D eigenvalue weighted by Gasteiger charge is -2.30. The van der Waals surface area contributed by atoms with E-state index in [2.05, 4.69) is 10.1 Å². The van der Waals surface area contributed by atoms with Gasteiger partial charge < -0.3 is 10.1 Å². The van der Waals surface area contributed by atoms with Gasteiger partial charge in [-0.25, -0.2) is 8.42 Å². The number of alkyl halides is 2. The molecular formula is C21H21F2N3O4S. The van der Waals surface area contributed by atoms with Crippen LogP contribution in [-0.2, 0) is 21.4 Å². The zero-order valence-corrected chi connectivity index (χ0v) is 17.3. The first-order valence-corrected chi connectivity index (χ1v) is 11.1. The summed E-state index contributed by atoms with van der Waals surface area (Å²) in [6.07, 6.45) is 0.783. The maximum Gasteiger partial charge on any atom is 0.387 e. The van der Waals surface area contributed by atoms with Crippen molar-refractivity contribution >= 4 is 15.9 Å². The number of nitrogens with one attached hydrogen (secondary N) is 1. The van der Waals surface area contributed by atoms with Crippen LogP contribution in [0.1, 0.15) is 24.0 Å². The molecule has 1 aliphatic rings. The van der Waals surface area contributed by atoms with Crippen LogP contribution < -0.4 is 10.1 Å². The molecule has 10 heteroatoms. The van der Waals surface area contributed by atoms with E-state index in [1.54, 1.807) is 12.1 Å². The van der Waals surface area contributed by atoms with E-state index in [9.17, 15) is 22.0 Å². The number of hydrogen-bond acceptors (Lipinski definition) is 5. The highest BCUT2D eigenvalue weighted by Crippen LogP contribution is 2.24. The molecule has 2 aromatic carbocycles. The fourth-order valence-corrected chi connectivity index (χ4v) is 4.80. The Kier molecular flexibility index (Phi) is 7.20. The van der Waals surface area contributed by atoms with Crippen LogP contribution in [0, 0.1) is 17.2 Å². The van der Waals surface area contributed by atoms with Crippen molar-refractivity contribution in [2.45, 2.75) is 30.9 Å². The van der Waals surface area contributed by atoms with Gasteiger partial charge in [-0.2, -0.15) is 18.3 Å². The Morgan fingerprint density at radius 3 is 2.29 bits per heavy atom. The van der Waals surface area contributed by atoms with Gasteiger partial charge in [0.05, 0.1) is 16.5 Å². The Hall–Kier alpha value is -3.03. The van der Waals surface area contributed by atoms with Crippen LogP contribution in [0.3, 0.4) is 0 Å². The number of sulfonamides is 1. The molecular weight excluding hydrogens is 428 g/mol. The van der Waals surface area contributed by atoms with Crippen LogP contribution in [-0.4, -0.2) is 38.3 Å². The monoisotopic (exact) mass is 449 g/mol. The molecule has 164 valence electrons. The van der Waals surface area contributed by atoms with Gasteiger partial charge in [-0.3, -0.25) is 4.79 Å². The van der Waals surface area contributed by atoms with Gasteiger partial charge in [0.15, 0.2) is 0 Å². The maximum atomic E-state index is 12.8. The van der Waals surface area contributed by atoms with Gasteiger partial charge in [-0.15, -0.1) is 0 Å². The third-order valence-electron chi connectivity index (χ3n) is 5.06. The molecule has 1 heterocycles. The standard InChI is InChI=1S/C21H21F2N3O4S/c22-21(23)30-18-5-1-16(2-6-18)14-25-20(27)17-9-11-26(12-10-17)31(28,29)19-7-3-15(13-24)4-8-19/h1-8,17,21H,9-12,14H2,(H,25,27). The van der Waals surface area contributed by atoms with Crippen molar-refractivity contribution < 1.29 is 26.7 Å². The van der Waals surface area contributed by atoms with Gasteiger partial charge in [0, 0.05) is 25.6 Å². The second-order valence-corrected chi connectivity index (χ2v) is 8.99. The molecule has 0 aromatic heterocycles. The van der Waals surface area contributed by atoms with Crippen molar-refractivity contribution in [3.63, 3.8) is 0 Å². The van der Waals surface area contributed by atoms with Crippen molar-refractivity contribution in [2.24, 2.45) is 5.92 Å². The van der Waals surface area contributed by atoms with Gasteiger partial charge in [0.2, 0.25) is 15.9 Å². The first-order valence-electron chi connectivity index (χ1n) is 9.61. The van der Waals surface area contributed by atoms with Crippen molar-refractivity contribution in [1.29, 1.82) is 5.26 Å². The van der Waals surface area contributed by atoms with Crippen LogP contribution >= 0.6 is 0 Å². The summed E-state index contributed by atoms with van der Waals surface area (Å²) in [7, 11) is -3.68. The number of carbonyl (C=O) groups is 1. The van der Waals surface area contributed by atoms with Crippen LogP contribution in [0.5, 0.6) is 5.75 Å². The van der Waals surface area contributed by atoms with E-state index in [0.29, 0.717) is 18.4 Å². The molecule has 7 nitrogen and oxygen atoms in total. The largest absolute Gasteiger partial charge is 0.435 e. The third kappa shape index (κ3) is 5.77. The van der Waals surface area contributed by atoms with E-state index in [1.807, 2.05) is 6.07 Å². The highest BCUT2D eigenvalue weighted by atomic mass is 32.2. The van der Waals surface area contributed by atoms with E-state index < -0.39 is 16.6 Å². The zero-order chi connectivity index (χ0) is 22.4. The van der Waals surface area contributed by atoms with Crippen molar-refractivity contribution in [2.75, 3.05) is 13.1 Å². The van der Waals surface area contributed by atoms with Gasteiger partial charge in [0.25, 0.3) is 0 Å². The average Bonchev–Trinajstić information content (AvgIpc) is 2.78. The molecule has 1 aliphatic heterocycles. The van der Waals surface area contributed by atoms with E-state index in [0.717, 1.165) is 5.56 Å². The number of hydrogen-bond donors (Lipinski definition) is 1. The molecule has 1 fully saturated rings. The number of benzene rings is 2. The number of piperidine rings is 1.